The monoisotopic (exact) mass is 1200 g/mol. The summed E-state index contributed by atoms with van der Waals surface area (Å²) in [5, 5.41) is 120. The minimum atomic E-state index is -1.98. The van der Waals surface area contributed by atoms with Crippen molar-refractivity contribution in [2.24, 2.45) is 0 Å². The predicted octanol–water partition coefficient (Wildman–Crippen LogP) is 7.66. The third-order valence-electron chi connectivity index (χ3n) is 16.7. The molecular formula is C65H119NO18. The first-order chi connectivity index (χ1) is 40.8. The first kappa shape index (κ1) is 76.3. The van der Waals surface area contributed by atoms with Crippen LogP contribution in [0.3, 0.4) is 0 Å². The number of nitrogens with one attached hydrogen (secondary N) is 1. The molecule has 0 spiro atoms. The van der Waals surface area contributed by atoms with Crippen LogP contribution in [0, 0.1) is 0 Å². The van der Waals surface area contributed by atoms with Crippen LogP contribution in [-0.2, 0) is 33.2 Å². The summed E-state index contributed by atoms with van der Waals surface area (Å²) in [4.78, 5) is 13.4. The number of carbonyl (C=O) groups excluding carboxylic acids is 1. The summed E-state index contributed by atoms with van der Waals surface area (Å²) in [5.74, 6) is -0.286. The van der Waals surface area contributed by atoms with Crippen molar-refractivity contribution in [2.45, 2.75) is 343 Å². The van der Waals surface area contributed by atoms with Crippen molar-refractivity contribution in [3.63, 3.8) is 0 Å². The molecule has 0 radical (unpaired) electrons. The van der Waals surface area contributed by atoms with Crippen LogP contribution in [0.25, 0.3) is 0 Å². The minimum absolute atomic E-state index is 0.236. The standard InChI is InChI=1S/C65H119NO18/c1-3-5-7-9-11-13-15-17-19-21-23-25-26-28-30-32-34-36-38-40-42-49(70)48(66-53(71)43-41-39-37-35-33-31-29-27-24-22-20-18-16-14-12-10-8-6-4-2)47-79-63-59(77)56(74)61(51(45-68)81-63)84-65-60(78)57(75)62(52(46-69)82-65)83-64-58(76)55(73)54(72)50(44-67)80-64/h25-26,32,34,40,42,48-52,54-65,67-70,72-78H,3-24,27-31,33,35-39,41,43-47H2,1-2H3,(H,66,71)/b26-25+,34-32+,42-40+. The first-order valence-corrected chi connectivity index (χ1v) is 33.2. The van der Waals surface area contributed by atoms with Crippen molar-refractivity contribution < 1.29 is 89.4 Å². The maximum Gasteiger partial charge on any atom is 0.220 e. The second-order valence-electron chi connectivity index (χ2n) is 23.9. The van der Waals surface area contributed by atoms with Gasteiger partial charge >= 0.3 is 0 Å². The molecule has 492 valence electrons. The highest BCUT2D eigenvalue weighted by Gasteiger charge is 2.53. The van der Waals surface area contributed by atoms with E-state index in [1.165, 1.54) is 161 Å². The predicted molar refractivity (Wildman–Crippen MR) is 323 cm³/mol. The van der Waals surface area contributed by atoms with Gasteiger partial charge in [0.1, 0.15) is 73.2 Å². The second-order valence-corrected chi connectivity index (χ2v) is 23.9. The van der Waals surface area contributed by atoms with E-state index in [1.807, 2.05) is 6.08 Å². The van der Waals surface area contributed by atoms with E-state index in [9.17, 15) is 61.0 Å². The maximum absolute atomic E-state index is 13.4. The fourth-order valence-electron chi connectivity index (χ4n) is 11.2. The number of aliphatic hydroxyl groups excluding tert-OH is 11. The van der Waals surface area contributed by atoms with Crippen molar-refractivity contribution in [1.29, 1.82) is 0 Å². The number of hydrogen-bond acceptors (Lipinski definition) is 18. The second kappa shape index (κ2) is 47.9. The third kappa shape index (κ3) is 30.5. The Morgan fingerprint density at radius 1 is 0.417 bits per heavy atom. The molecule has 17 unspecified atom stereocenters. The van der Waals surface area contributed by atoms with Gasteiger partial charge in [-0.2, -0.15) is 0 Å². The van der Waals surface area contributed by atoms with Crippen molar-refractivity contribution in [3.05, 3.63) is 36.5 Å². The molecule has 3 aliphatic rings. The minimum Gasteiger partial charge on any atom is -0.394 e. The van der Waals surface area contributed by atoms with Gasteiger partial charge in [0.15, 0.2) is 18.9 Å². The van der Waals surface area contributed by atoms with E-state index in [4.69, 9.17) is 28.4 Å². The molecule has 12 N–H and O–H groups in total. The highest BCUT2D eigenvalue weighted by atomic mass is 16.8. The van der Waals surface area contributed by atoms with Crippen LogP contribution in [0.5, 0.6) is 0 Å². The van der Waals surface area contributed by atoms with Crippen LogP contribution in [0.15, 0.2) is 36.5 Å². The summed E-state index contributed by atoms with van der Waals surface area (Å²) < 4.78 is 34.3. The number of carbonyl (C=O) groups is 1. The zero-order valence-corrected chi connectivity index (χ0v) is 51.6. The molecule has 84 heavy (non-hydrogen) atoms. The fourth-order valence-corrected chi connectivity index (χ4v) is 11.2. The molecule has 0 aromatic heterocycles. The van der Waals surface area contributed by atoms with Crippen LogP contribution < -0.4 is 5.32 Å². The Balaban J connectivity index is 1.49. The lowest BCUT2D eigenvalue weighted by Crippen LogP contribution is -2.66. The van der Waals surface area contributed by atoms with Crippen LogP contribution in [0.1, 0.15) is 239 Å². The zero-order valence-electron chi connectivity index (χ0n) is 51.6. The Bertz CT molecular complexity index is 1670. The highest BCUT2D eigenvalue weighted by Crippen LogP contribution is 2.33. The van der Waals surface area contributed by atoms with Gasteiger partial charge in [0.2, 0.25) is 5.91 Å². The Morgan fingerprint density at radius 2 is 0.762 bits per heavy atom. The van der Waals surface area contributed by atoms with Gasteiger partial charge in [-0.1, -0.05) is 224 Å². The Labute approximate surface area is 504 Å². The number of ether oxygens (including phenoxy) is 6. The molecule has 0 aromatic carbocycles. The number of hydrogen-bond donors (Lipinski definition) is 12. The zero-order chi connectivity index (χ0) is 61.2. The van der Waals surface area contributed by atoms with Crippen LogP contribution in [0.4, 0.5) is 0 Å². The van der Waals surface area contributed by atoms with Gasteiger partial charge in [0.25, 0.3) is 0 Å². The molecular weight excluding hydrogens is 1080 g/mol. The van der Waals surface area contributed by atoms with Crippen LogP contribution in [0.2, 0.25) is 0 Å². The fraction of sp³-hybridized carbons (Fsp3) is 0.892. The number of amides is 1. The summed E-state index contributed by atoms with van der Waals surface area (Å²) in [7, 11) is 0. The number of unbranched alkanes of at least 4 members (excludes halogenated alkanes) is 30. The number of aliphatic hydroxyl groups is 11. The number of allylic oxidation sites excluding steroid dienone is 5. The largest absolute Gasteiger partial charge is 0.394 e. The van der Waals surface area contributed by atoms with E-state index in [-0.39, 0.29) is 18.9 Å². The lowest BCUT2D eigenvalue weighted by atomic mass is 9.96. The smallest absolute Gasteiger partial charge is 0.220 e. The highest BCUT2D eigenvalue weighted by molar-refractivity contribution is 5.76. The molecule has 3 rings (SSSR count). The normalized spacial score (nSPS) is 29.4. The summed E-state index contributed by atoms with van der Waals surface area (Å²) in [6.07, 6.45) is 26.9. The van der Waals surface area contributed by atoms with E-state index in [0.717, 1.165) is 44.9 Å². The van der Waals surface area contributed by atoms with Crippen molar-refractivity contribution in [1.82, 2.24) is 5.32 Å². The molecule has 0 saturated carbocycles. The van der Waals surface area contributed by atoms with Crippen molar-refractivity contribution in [3.8, 4) is 0 Å². The van der Waals surface area contributed by atoms with E-state index in [0.29, 0.717) is 12.8 Å². The Hall–Kier alpha value is -1.99. The SMILES string of the molecule is CCCCCCCCCCCC/C=C/CC/C=C/CC/C=C/C(O)C(COC1OC(CO)C(OC2OC(CO)C(OC3OC(CO)C(O)C(O)C3O)C(O)C2O)C(O)C1O)NC(=O)CCCCCCCCCCCCCCCCCCCCC. The topological polar surface area (TPSA) is 307 Å². The average Bonchev–Trinajstić information content (AvgIpc) is 3.45. The van der Waals surface area contributed by atoms with E-state index < -0.39 is 124 Å². The molecule has 1 amide bonds. The average molecular weight is 1200 g/mol. The molecule has 0 bridgehead atoms. The lowest BCUT2D eigenvalue weighted by Gasteiger charge is -2.48. The van der Waals surface area contributed by atoms with Gasteiger partial charge in [-0.15, -0.1) is 0 Å². The molecule has 19 nitrogen and oxygen atoms in total. The molecule has 3 saturated heterocycles. The maximum atomic E-state index is 13.4. The molecule has 3 fully saturated rings. The lowest BCUT2D eigenvalue weighted by molar-refractivity contribution is -0.379. The van der Waals surface area contributed by atoms with Crippen molar-refractivity contribution >= 4 is 5.91 Å². The Morgan fingerprint density at radius 3 is 1.19 bits per heavy atom. The summed E-state index contributed by atoms with van der Waals surface area (Å²) in [6.45, 7) is 1.72. The molecule has 19 heteroatoms. The van der Waals surface area contributed by atoms with Gasteiger partial charge < -0.3 is 89.9 Å². The summed E-state index contributed by atoms with van der Waals surface area (Å²) in [6, 6.07) is -0.993. The van der Waals surface area contributed by atoms with E-state index in [2.05, 4.69) is 43.5 Å². The van der Waals surface area contributed by atoms with E-state index in [1.54, 1.807) is 6.08 Å². The van der Waals surface area contributed by atoms with Gasteiger partial charge in [-0.05, 0) is 44.9 Å². The van der Waals surface area contributed by atoms with E-state index >= 15 is 0 Å². The number of rotatable bonds is 50. The van der Waals surface area contributed by atoms with Gasteiger partial charge in [0, 0.05) is 6.42 Å². The van der Waals surface area contributed by atoms with Gasteiger partial charge in [0.05, 0.1) is 38.6 Å². The molecule has 0 aromatic rings. The van der Waals surface area contributed by atoms with Crippen molar-refractivity contribution in [2.75, 3.05) is 26.4 Å². The molecule has 0 aliphatic carbocycles. The first-order valence-electron chi connectivity index (χ1n) is 33.2. The van der Waals surface area contributed by atoms with Crippen LogP contribution in [-0.4, -0.2) is 193 Å². The van der Waals surface area contributed by atoms with Crippen LogP contribution >= 0.6 is 0 Å². The molecule has 3 heterocycles. The van der Waals surface area contributed by atoms with Gasteiger partial charge in [-0.3, -0.25) is 4.79 Å². The third-order valence-corrected chi connectivity index (χ3v) is 16.7. The Kier molecular flexibility index (Phi) is 43.5. The summed E-state index contributed by atoms with van der Waals surface area (Å²) >= 11 is 0. The quantitative estimate of drug-likeness (QED) is 0.0205. The summed E-state index contributed by atoms with van der Waals surface area (Å²) in [5.41, 5.74) is 0. The molecule has 3 aliphatic heterocycles. The molecule has 17 atom stereocenters. The van der Waals surface area contributed by atoms with Gasteiger partial charge in [-0.25, -0.2) is 0 Å².